The van der Waals surface area contributed by atoms with E-state index in [-0.39, 0.29) is 0 Å². The molecule has 5 N–H and O–H groups in total. The first-order valence-corrected chi connectivity index (χ1v) is 2.58. The number of hydrogen-bond donors (Lipinski definition) is 3. The van der Waals surface area contributed by atoms with Crippen LogP contribution in [0.4, 0.5) is 16.2 Å². The predicted molar refractivity (Wildman–Crippen MR) is 36.3 cm³/mol. The molecule has 0 atom stereocenters. The van der Waals surface area contributed by atoms with E-state index < -0.39 is 6.03 Å². The molecule has 0 spiro atoms. The molecule has 1 aromatic heterocycles. The Balaban J connectivity index is 2.74. The minimum atomic E-state index is -0.659. The van der Waals surface area contributed by atoms with Crippen molar-refractivity contribution in [3.63, 3.8) is 0 Å². The van der Waals surface area contributed by atoms with Crippen LogP contribution in [0, 0.1) is 0 Å². The summed E-state index contributed by atoms with van der Waals surface area (Å²) in [5, 5.41) is 2.27. The van der Waals surface area contributed by atoms with E-state index in [4.69, 9.17) is 11.5 Å². The Kier molecular flexibility index (Phi) is 1.49. The Labute approximate surface area is 57.0 Å². The zero-order valence-corrected chi connectivity index (χ0v) is 5.13. The fraction of sp³-hybridized carbons (Fsp3) is 0. The predicted octanol–water partition coefficient (Wildman–Crippen LogP) is 0.352. The third kappa shape index (κ3) is 1.19. The summed E-state index contributed by atoms with van der Waals surface area (Å²) < 4.78 is 4.65. The molecule has 5 nitrogen and oxygen atoms in total. The van der Waals surface area contributed by atoms with Crippen molar-refractivity contribution in [1.29, 1.82) is 0 Å². The number of nitrogens with two attached hydrogens (primary N) is 2. The highest BCUT2D eigenvalue weighted by molar-refractivity contribution is 5.90. The summed E-state index contributed by atoms with van der Waals surface area (Å²) in [5.41, 5.74) is 10.9. The van der Waals surface area contributed by atoms with E-state index in [1.807, 2.05) is 0 Å². The fourth-order valence-electron chi connectivity index (χ4n) is 0.541. The summed E-state index contributed by atoms with van der Waals surface area (Å²) in [6, 6.07) is -0.659. The average Bonchev–Trinajstić information content (AvgIpc) is 2.15. The van der Waals surface area contributed by atoms with Gasteiger partial charge in [0.25, 0.3) is 0 Å². The van der Waals surface area contributed by atoms with Gasteiger partial charge < -0.3 is 21.2 Å². The lowest BCUT2D eigenvalue weighted by molar-refractivity contribution is 0.259. The van der Waals surface area contributed by atoms with Crippen LogP contribution in [0.15, 0.2) is 16.9 Å². The molecule has 0 saturated heterocycles. The maximum Gasteiger partial charge on any atom is 0.316 e. The number of rotatable bonds is 1. The zero-order chi connectivity index (χ0) is 7.56. The van der Waals surface area contributed by atoms with Crippen LogP contribution in [-0.2, 0) is 0 Å². The minimum absolute atomic E-state index is 0.360. The molecule has 0 aliphatic rings. The average molecular weight is 141 g/mol. The van der Waals surface area contributed by atoms with Crippen molar-refractivity contribution in [3.05, 3.63) is 12.5 Å². The molecular formula is C5H7N3O2. The van der Waals surface area contributed by atoms with E-state index in [9.17, 15) is 4.79 Å². The van der Waals surface area contributed by atoms with Crippen LogP contribution in [-0.4, -0.2) is 6.03 Å². The monoisotopic (exact) mass is 141 g/mol. The van der Waals surface area contributed by atoms with Gasteiger partial charge in [-0.3, -0.25) is 0 Å². The van der Waals surface area contributed by atoms with Crippen LogP contribution in [0.25, 0.3) is 0 Å². The number of anilines is 2. The van der Waals surface area contributed by atoms with Crippen molar-refractivity contribution in [2.45, 2.75) is 0 Å². The minimum Gasteiger partial charge on any atom is -0.468 e. The van der Waals surface area contributed by atoms with Crippen molar-refractivity contribution in [3.8, 4) is 0 Å². The molecule has 0 unspecified atom stereocenters. The van der Waals surface area contributed by atoms with Crippen molar-refractivity contribution >= 4 is 17.4 Å². The lowest BCUT2D eigenvalue weighted by atomic mass is 10.4. The zero-order valence-electron chi connectivity index (χ0n) is 5.13. The van der Waals surface area contributed by atoms with Gasteiger partial charge >= 0.3 is 6.03 Å². The van der Waals surface area contributed by atoms with Gasteiger partial charge in [-0.25, -0.2) is 4.79 Å². The van der Waals surface area contributed by atoms with Gasteiger partial charge in [-0.1, -0.05) is 0 Å². The largest absolute Gasteiger partial charge is 0.468 e. The number of furan rings is 1. The number of nitrogens with one attached hydrogen (secondary N) is 1. The molecule has 1 heterocycles. The van der Waals surface area contributed by atoms with E-state index in [0.717, 1.165) is 0 Å². The van der Waals surface area contributed by atoms with Crippen molar-refractivity contribution in [2.75, 3.05) is 11.1 Å². The van der Waals surface area contributed by atoms with Gasteiger partial charge in [0.15, 0.2) is 0 Å². The van der Waals surface area contributed by atoms with Gasteiger partial charge in [0.1, 0.15) is 18.2 Å². The maximum atomic E-state index is 10.2. The number of hydrogen-bond acceptors (Lipinski definition) is 3. The summed E-state index contributed by atoms with van der Waals surface area (Å²) >= 11 is 0. The quantitative estimate of drug-likeness (QED) is 0.526. The van der Waals surface area contributed by atoms with E-state index >= 15 is 0 Å². The molecule has 0 aliphatic carbocycles. The van der Waals surface area contributed by atoms with Crippen LogP contribution < -0.4 is 16.8 Å². The SMILES string of the molecule is NC(=O)Nc1cocc1N. The smallest absolute Gasteiger partial charge is 0.316 e. The fourth-order valence-corrected chi connectivity index (χ4v) is 0.541. The highest BCUT2D eigenvalue weighted by Gasteiger charge is 2.01. The molecule has 0 bridgehead atoms. The first kappa shape index (κ1) is 6.47. The number of carbonyl (C=O) groups excluding carboxylic acids is 1. The topological polar surface area (TPSA) is 94.3 Å². The molecule has 54 valence electrons. The van der Waals surface area contributed by atoms with Crippen molar-refractivity contribution in [2.24, 2.45) is 5.73 Å². The van der Waals surface area contributed by atoms with Gasteiger partial charge in [-0.2, -0.15) is 0 Å². The molecular weight excluding hydrogens is 134 g/mol. The molecule has 1 aromatic rings. The van der Waals surface area contributed by atoms with E-state index in [0.29, 0.717) is 11.4 Å². The second-order valence-corrected chi connectivity index (χ2v) is 1.73. The Morgan fingerprint density at radius 3 is 2.70 bits per heavy atom. The second kappa shape index (κ2) is 2.30. The molecule has 0 aliphatic heterocycles. The number of amides is 2. The molecule has 0 saturated carbocycles. The van der Waals surface area contributed by atoms with Crippen LogP contribution in [0.3, 0.4) is 0 Å². The van der Waals surface area contributed by atoms with Crippen molar-refractivity contribution < 1.29 is 9.21 Å². The molecule has 10 heavy (non-hydrogen) atoms. The molecule has 5 heteroatoms. The van der Waals surface area contributed by atoms with Gasteiger partial charge in [-0.15, -0.1) is 0 Å². The first-order valence-electron chi connectivity index (χ1n) is 2.58. The van der Waals surface area contributed by atoms with Crippen LogP contribution >= 0.6 is 0 Å². The standard InChI is InChI=1S/C5H7N3O2/c6-3-1-10-2-4(3)8-5(7)9/h1-2H,6H2,(H3,7,8,9). The molecule has 0 aromatic carbocycles. The van der Waals surface area contributed by atoms with Crippen molar-refractivity contribution in [1.82, 2.24) is 0 Å². The molecule has 1 rings (SSSR count). The van der Waals surface area contributed by atoms with Gasteiger partial charge in [0, 0.05) is 0 Å². The lowest BCUT2D eigenvalue weighted by Gasteiger charge is -1.95. The van der Waals surface area contributed by atoms with Gasteiger partial charge in [0.2, 0.25) is 0 Å². The first-order chi connectivity index (χ1) is 4.70. The number of nitrogen functional groups attached to an aromatic ring is 1. The Morgan fingerprint density at radius 2 is 2.30 bits per heavy atom. The maximum absolute atomic E-state index is 10.2. The third-order valence-electron chi connectivity index (χ3n) is 0.950. The van der Waals surface area contributed by atoms with Crippen LogP contribution in [0.1, 0.15) is 0 Å². The Morgan fingerprint density at radius 1 is 1.60 bits per heavy atom. The molecule has 0 fully saturated rings. The highest BCUT2D eigenvalue weighted by Crippen LogP contribution is 2.17. The van der Waals surface area contributed by atoms with Crippen LogP contribution in [0.2, 0.25) is 0 Å². The number of primary amides is 1. The highest BCUT2D eigenvalue weighted by atomic mass is 16.3. The van der Waals surface area contributed by atoms with E-state index in [1.165, 1.54) is 12.5 Å². The Bertz CT molecular complexity index is 243. The third-order valence-corrected chi connectivity index (χ3v) is 0.950. The summed E-state index contributed by atoms with van der Waals surface area (Å²) in [6.07, 6.45) is 2.62. The molecule has 2 amide bonds. The second-order valence-electron chi connectivity index (χ2n) is 1.73. The lowest BCUT2D eigenvalue weighted by Crippen LogP contribution is -2.19. The van der Waals surface area contributed by atoms with Gasteiger partial charge in [-0.05, 0) is 0 Å². The molecule has 0 radical (unpaired) electrons. The summed E-state index contributed by atoms with van der Waals surface area (Å²) in [6.45, 7) is 0. The normalized spacial score (nSPS) is 9.20. The summed E-state index contributed by atoms with van der Waals surface area (Å²) in [5.74, 6) is 0. The van der Waals surface area contributed by atoms with E-state index in [1.54, 1.807) is 0 Å². The summed E-state index contributed by atoms with van der Waals surface area (Å²) in [7, 11) is 0. The van der Waals surface area contributed by atoms with E-state index in [2.05, 4.69) is 9.73 Å². The Hall–Kier alpha value is -1.65. The van der Waals surface area contributed by atoms with Crippen LogP contribution in [0.5, 0.6) is 0 Å². The summed E-state index contributed by atoms with van der Waals surface area (Å²) in [4.78, 5) is 10.2. The van der Waals surface area contributed by atoms with Gasteiger partial charge in [0.05, 0.1) is 5.69 Å². The number of carbonyl (C=O) groups is 1. The number of urea groups is 1.